The van der Waals surface area contributed by atoms with Crippen molar-refractivity contribution in [2.24, 2.45) is 0 Å². The molecule has 0 saturated heterocycles. The van der Waals surface area contributed by atoms with Gasteiger partial charge in [0.05, 0.1) is 16.4 Å². The number of nitrogens with one attached hydrogen (secondary N) is 1. The minimum Gasteiger partial charge on any atom is -0.397 e. The van der Waals surface area contributed by atoms with E-state index in [2.05, 4.69) is 10.3 Å². The highest BCUT2D eigenvalue weighted by Crippen LogP contribution is 2.38. The van der Waals surface area contributed by atoms with Crippen LogP contribution in [0.25, 0.3) is 10.2 Å². The number of halogens is 2. The number of anilines is 2. The van der Waals surface area contributed by atoms with Crippen LogP contribution in [0.4, 0.5) is 15.8 Å². The molecule has 0 spiro atoms. The number of nitrogen functional groups attached to an aromatic ring is 1. The molecule has 2 heterocycles. The van der Waals surface area contributed by atoms with Crippen LogP contribution in [-0.2, 0) is 0 Å². The monoisotopic (exact) mass is 349 g/mol. The molecule has 0 aliphatic carbocycles. The SMILES string of the molecule is Cc1nc2sc(C(=O)Nc3ccc(F)cc3)c(N)c2c(C)c1Cl. The molecule has 0 bridgehead atoms. The Kier molecular flexibility index (Phi) is 3.95. The quantitative estimate of drug-likeness (QED) is 0.713. The number of carbonyl (C=O) groups is 1. The smallest absolute Gasteiger partial charge is 0.267 e. The predicted molar refractivity (Wildman–Crippen MR) is 92.9 cm³/mol. The van der Waals surface area contributed by atoms with E-state index in [4.69, 9.17) is 17.3 Å². The lowest BCUT2D eigenvalue weighted by Crippen LogP contribution is -2.11. The molecule has 0 unspecified atom stereocenters. The molecular weight excluding hydrogens is 337 g/mol. The first-order valence-electron chi connectivity index (χ1n) is 6.80. The first-order chi connectivity index (χ1) is 10.9. The number of hydrogen-bond acceptors (Lipinski definition) is 4. The zero-order valence-electron chi connectivity index (χ0n) is 12.4. The molecule has 0 atom stereocenters. The Bertz CT molecular complexity index is 921. The molecule has 0 aliphatic rings. The lowest BCUT2D eigenvalue weighted by molar-refractivity contribution is 0.103. The average molecular weight is 350 g/mol. The number of aromatic nitrogens is 1. The van der Waals surface area contributed by atoms with Gasteiger partial charge in [-0.2, -0.15) is 0 Å². The summed E-state index contributed by atoms with van der Waals surface area (Å²) in [6.07, 6.45) is 0. The number of carbonyl (C=O) groups excluding carboxylic acids is 1. The van der Waals surface area contributed by atoms with Gasteiger partial charge in [-0.05, 0) is 43.7 Å². The van der Waals surface area contributed by atoms with Crippen molar-refractivity contribution < 1.29 is 9.18 Å². The molecule has 1 aromatic carbocycles. The fourth-order valence-corrected chi connectivity index (χ4v) is 3.58. The number of nitrogens with zero attached hydrogens (tertiary/aromatic N) is 1. The summed E-state index contributed by atoms with van der Waals surface area (Å²) in [6.45, 7) is 3.66. The molecule has 2 aromatic heterocycles. The fraction of sp³-hybridized carbons (Fsp3) is 0.125. The third-order valence-electron chi connectivity index (χ3n) is 3.53. The number of fused-ring (bicyclic) bond motifs is 1. The van der Waals surface area contributed by atoms with E-state index in [0.717, 1.165) is 5.56 Å². The van der Waals surface area contributed by atoms with Crippen LogP contribution in [0.5, 0.6) is 0 Å². The van der Waals surface area contributed by atoms with Gasteiger partial charge < -0.3 is 11.1 Å². The van der Waals surface area contributed by atoms with Gasteiger partial charge in [0.25, 0.3) is 5.91 Å². The van der Waals surface area contributed by atoms with Gasteiger partial charge in [-0.15, -0.1) is 11.3 Å². The van der Waals surface area contributed by atoms with E-state index < -0.39 is 0 Å². The van der Waals surface area contributed by atoms with Gasteiger partial charge in [0.1, 0.15) is 15.5 Å². The van der Waals surface area contributed by atoms with Gasteiger partial charge in [-0.3, -0.25) is 4.79 Å². The summed E-state index contributed by atoms with van der Waals surface area (Å²) >= 11 is 7.42. The van der Waals surface area contributed by atoms with Crippen molar-refractivity contribution in [2.45, 2.75) is 13.8 Å². The Balaban J connectivity index is 2.02. The zero-order chi connectivity index (χ0) is 16.7. The Labute approximate surface area is 141 Å². The van der Waals surface area contributed by atoms with Gasteiger partial charge >= 0.3 is 0 Å². The summed E-state index contributed by atoms with van der Waals surface area (Å²) < 4.78 is 12.9. The lowest BCUT2D eigenvalue weighted by Gasteiger charge is -2.05. The van der Waals surface area contributed by atoms with Gasteiger partial charge in [0, 0.05) is 11.1 Å². The first kappa shape index (κ1) is 15.7. The maximum absolute atomic E-state index is 12.9. The molecule has 3 rings (SSSR count). The summed E-state index contributed by atoms with van der Waals surface area (Å²) in [5.74, 6) is -0.723. The summed E-state index contributed by atoms with van der Waals surface area (Å²) in [5.41, 5.74) is 8.49. The maximum atomic E-state index is 12.9. The second-order valence-electron chi connectivity index (χ2n) is 5.12. The first-order valence-corrected chi connectivity index (χ1v) is 7.99. The molecule has 118 valence electrons. The molecular formula is C16H13ClFN3OS. The average Bonchev–Trinajstić information content (AvgIpc) is 2.84. The third kappa shape index (κ3) is 2.75. The van der Waals surface area contributed by atoms with Crippen molar-refractivity contribution in [3.05, 3.63) is 51.2 Å². The van der Waals surface area contributed by atoms with E-state index >= 15 is 0 Å². The van der Waals surface area contributed by atoms with Crippen molar-refractivity contribution in [1.82, 2.24) is 4.98 Å². The lowest BCUT2D eigenvalue weighted by atomic mass is 10.1. The number of amides is 1. The molecule has 4 nitrogen and oxygen atoms in total. The van der Waals surface area contributed by atoms with Gasteiger partial charge in [0.2, 0.25) is 0 Å². The second-order valence-corrected chi connectivity index (χ2v) is 6.50. The summed E-state index contributed by atoms with van der Waals surface area (Å²) in [7, 11) is 0. The maximum Gasteiger partial charge on any atom is 0.267 e. The normalized spacial score (nSPS) is 11.0. The highest BCUT2D eigenvalue weighted by molar-refractivity contribution is 7.21. The number of nitrogens with two attached hydrogens (primary N) is 1. The molecule has 7 heteroatoms. The highest BCUT2D eigenvalue weighted by atomic mass is 35.5. The standard InChI is InChI=1S/C16H13ClFN3OS/c1-7-11-13(19)14(23-16(11)20-8(2)12(7)17)15(22)21-10-5-3-9(18)4-6-10/h3-6H,19H2,1-2H3,(H,21,22). The van der Waals surface area contributed by atoms with Crippen molar-refractivity contribution in [2.75, 3.05) is 11.1 Å². The Morgan fingerprint density at radius 2 is 1.96 bits per heavy atom. The summed E-state index contributed by atoms with van der Waals surface area (Å²) in [6, 6.07) is 5.53. The van der Waals surface area contributed by atoms with Crippen LogP contribution in [0.1, 0.15) is 20.9 Å². The highest BCUT2D eigenvalue weighted by Gasteiger charge is 2.20. The van der Waals surface area contributed by atoms with Crippen molar-refractivity contribution >= 4 is 50.4 Å². The number of benzene rings is 1. The van der Waals surface area contributed by atoms with Crippen LogP contribution < -0.4 is 11.1 Å². The number of thiophene rings is 1. The van der Waals surface area contributed by atoms with E-state index in [0.29, 0.717) is 37.2 Å². The number of pyridine rings is 1. The van der Waals surface area contributed by atoms with Crippen LogP contribution in [0.3, 0.4) is 0 Å². The van der Waals surface area contributed by atoms with E-state index in [1.165, 1.54) is 35.6 Å². The van der Waals surface area contributed by atoms with Crippen LogP contribution in [0.2, 0.25) is 5.02 Å². The molecule has 0 radical (unpaired) electrons. The van der Waals surface area contributed by atoms with Crippen LogP contribution in [0, 0.1) is 19.7 Å². The number of rotatable bonds is 2. The molecule has 1 amide bonds. The van der Waals surface area contributed by atoms with Crippen molar-refractivity contribution in [1.29, 1.82) is 0 Å². The molecule has 0 aliphatic heterocycles. The van der Waals surface area contributed by atoms with Crippen LogP contribution in [0.15, 0.2) is 24.3 Å². The van der Waals surface area contributed by atoms with Crippen molar-refractivity contribution in [3.63, 3.8) is 0 Å². The molecule has 0 fully saturated rings. The summed E-state index contributed by atoms with van der Waals surface area (Å²) in [5, 5.41) is 3.95. The van der Waals surface area contributed by atoms with Crippen LogP contribution >= 0.6 is 22.9 Å². The second kappa shape index (κ2) is 5.79. The minimum absolute atomic E-state index is 0.356. The van der Waals surface area contributed by atoms with Gasteiger partial charge in [0.15, 0.2) is 0 Å². The molecule has 3 aromatic rings. The van der Waals surface area contributed by atoms with Gasteiger partial charge in [-0.1, -0.05) is 11.6 Å². The van der Waals surface area contributed by atoms with E-state index in [1.807, 2.05) is 13.8 Å². The van der Waals surface area contributed by atoms with Gasteiger partial charge in [-0.25, -0.2) is 9.37 Å². The predicted octanol–water partition coefficient (Wildman–Crippen LogP) is 4.54. The molecule has 0 saturated carbocycles. The third-order valence-corrected chi connectivity index (χ3v) is 5.18. The van der Waals surface area contributed by atoms with E-state index in [9.17, 15) is 9.18 Å². The molecule has 23 heavy (non-hydrogen) atoms. The van der Waals surface area contributed by atoms with E-state index in [1.54, 1.807) is 0 Å². The van der Waals surface area contributed by atoms with Crippen LogP contribution in [-0.4, -0.2) is 10.9 Å². The topological polar surface area (TPSA) is 68.0 Å². The van der Waals surface area contributed by atoms with Crippen molar-refractivity contribution in [3.8, 4) is 0 Å². The zero-order valence-corrected chi connectivity index (χ0v) is 14.0. The van der Waals surface area contributed by atoms with E-state index in [-0.39, 0.29) is 11.7 Å². The minimum atomic E-state index is -0.366. The Morgan fingerprint density at radius 1 is 1.30 bits per heavy atom. The Hall–Kier alpha value is -2.18. The number of hydrogen-bond donors (Lipinski definition) is 2. The Morgan fingerprint density at radius 3 is 2.61 bits per heavy atom. The number of aryl methyl sites for hydroxylation is 2. The summed E-state index contributed by atoms with van der Waals surface area (Å²) in [4.78, 5) is 17.9. The largest absolute Gasteiger partial charge is 0.397 e. The molecule has 3 N–H and O–H groups in total. The fourth-order valence-electron chi connectivity index (χ4n) is 2.34.